The lowest BCUT2D eigenvalue weighted by atomic mass is 10.3. The Morgan fingerprint density at radius 2 is 1.74 bits per heavy atom. The van der Waals surface area contributed by atoms with E-state index < -0.39 is 0 Å². The summed E-state index contributed by atoms with van der Waals surface area (Å²) in [7, 11) is 4.07. The number of rotatable bonds is 2. The monoisotopic (exact) mass is 315 g/mol. The van der Waals surface area contributed by atoms with Crippen LogP contribution in [0.2, 0.25) is 0 Å². The zero-order valence-electron chi connectivity index (χ0n) is 10.8. The summed E-state index contributed by atoms with van der Waals surface area (Å²) >= 11 is 3.45. The molecule has 96 valence electrons. The first kappa shape index (κ1) is 12.2. The Labute approximate surface area is 120 Å². The summed E-state index contributed by atoms with van der Waals surface area (Å²) in [5, 5.41) is 0. The summed E-state index contributed by atoms with van der Waals surface area (Å²) < 4.78 is 3.19. The van der Waals surface area contributed by atoms with Crippen molar-refractivity contribution >= 4 is 38.6 Å². The second-order valence-electron chi connectivity index (χ2n) is 4.49. The Bertz CT molecular complexity index is 716. The summed E-state index contributed by atoms with van der Waals surface area (Å²) in [5.74, 6) is 0.934. The molecule has 0 atom stereocenters. The quantitative estimate of drug-likeness (QED) is 0.709. The van der Waals surface area contributed by atoms with Crippen LogP contribution in [0.25, 0.3) is 11.0 Å². The molecule has 0 N–H and O–H groups in total. The largest absolute Gasteiger partial charge is 0.315 e. The highest BCUT2D eigenvalue weighted by Crippen LogP contribution is 2.27. The molecule has 1 aromatic heterocycles. The van der Waals surface area contributed by atoms with Gasteiger partial charge in [-0.05, 0) is 36.4 Å². The minimum Gasteiger partial charge on any atom is -0.315 e. The van der Waals surface area contributed by atoms with Crippen LogP contribution < -0.4 is 4.90 Å². The van der Waals surface area contributed by atoms with Gasteiger partial charge in [0.05, 0.1) is 11.0 Å². The van der Waals surface area contributed by atoms with Crippen molar-refractivity contribution in [2.45, 2.75) is 0 Å². The summed E-state index contributed by atoms with van der Waals surface area (Å²) in [6.45, 7) is 0. The van der Waals surface area contributed by atoms with Gasteiger partial charge in [-0.15, -0.1) is 0 Å². The van der Waals surface area contributed by atoms with Crippen LogP contribution in [0.1, 0.15) is 0 Å². The Balaban J connectivity index is 2.08. The van der Waals surface area contributed by atoms with Gasteiger partial charge in [0, 0.05) is 24.3 Å². The number of para-hydroxylation sites is 2. The molecule has 0 aliphatic rings. The average molecular weight is 316 g/mol. The Hall–Kier alpha value is -1.81. The van der Waals surface area contributed by atoms with Gasteiger partial charge in [0.2, 0.25) is 5.95 Å². The van der Waals surface area contributed by atoms with Crippen LogP contribution in [0.5, 0.6) is 0 Å². The first-order valence-electron chi connectivity index (χ1n) is 6.07. The molecule has 0 fully saturated rings. The van der Waals surface area contributed by atoms with Crippen molar-refractivity contribution in [2.24, 2.45) is 7.05 Å². The van der Waals surface area contributed by atoms with Crippen molar-refractivity contribution in [3.8, 4) is 0 Å². The van der Waals surface area contributed by atoms with E-state index in [-0.39, 0.29) is 0 Å². The van der Waals surface area contributed by atoms with Crippen LogP contribution >= 0.6 is 15.9 Å². The van der Waals surface area contributed by atoms with E-state index >= 15 is 0 Å². The van der Waals surface area contributed by atoms with E-state index in [1.165, 1.54) is 0 Å². The second kappa shape index (κ2) is 4.70. The highest BCUT2D eigenvalue weighted by atomic mass is 79.9. The Morgan fingerprint density at radius 3 is 2.42 bits per heavy atom. The Kier molecular flexibility index (Phi) is 3.03. The van der Waals surface area contributed by atoms with Gasteiger partial charge in [0.15, 0.2) is 0 Å². The fourth-order valence-corrected chi connectivity index (χ4v) is 2.48. The number of benzene rings is 2. The molecule has 0 saturated heterocycles. The summed E-state index contributed by atoms with van der Waals surface area (Å²) in [6.07, 6.45) is 0. The predicted octanol–water partition coefficient (Wildman–Crippen LogP) is 4.10. The number of nitrogens with zero attached hydrogens (tertiary/aromatic N) is 3. The maximum Gasteiger partial charge on any atom is 0.210 e. The van der Waals surface area contributed by atoms with Crippen LogP contribution in [0.4, 0.5) is 11.6 Å². The molecular weight excluding hydrogens is 302 g/mol. The summed E-state index contributed by atoms with van der Waals surface area (Å²) in [5.41, 5.74) is 3.27. The molecule has 1 heterocycles. The summed E-state index contributed by atoms with van der Waals surface area (Å²) in [4.78, 5) is 6.78. The van der Waals surface area contributed by atoms with Gasteiger partial charge in [0.25, 0.3) is 0 Å². The first-order valence-corrected chi connectivity index (χ1v) is 6.87. The van der Waals surface area contributed by atoms with Gasteiger partial charge in [-0.2, -0.15) is 0 Å². The minimum atomic E-state index is 0.934. The van der Waals surface area contributed by atoms with Gasteiger partial charge >= 0.3 is 0 Å². The van der Waals surface area contributed by atoms with Crippen molar-refractivity contribution in [1.29, 1.82) is 0 Å². The maximum absolute atomic E-state index is 4.69. The van der Waals surface area contributed by atoms with Gasteiger partial charge < -0.3 is 9.47 Å². The second-order valence-corrected chi connectivity index (χ2v) is 5.41. The molecule has 3 nitrogen and oxygen atoms in total. The van der Waals surface area contributed by atoms with Crippen LogP contribution in [0, 0.1) is 0 Å². The molecule has 0 bridgehead atoms. The third-order valence-corrected chi connectivity index (χ3v) is 3.81. The highest BCUT2D eigenvalue weighted by molar-refractivity contribution is 9.10. The van der Waals surface area contributed by atoms with Crippen molar-refractivity contribution in [2.75, 3.05) is 11.9 Å². The highest BCUT2D eigenvalue weighted by Gasteiger charge is 2.12. The third-order valence-electron chi connectivity index (χ3n) is 3.28. The maximum atomic E-state index is 4.69. The smallest absolute Gasteiger partial charge is 0.210 e. The van der Waals surface area contributed by atoms with Crippen molar-refractivity contribution in [1.82, 2.24) is 9.55 Å². The van der Waals surface area contributed by atoms with E-state index in [1.807, 2.05) is 44.4 Å². The number of hydrogen-bond donors (Lipinski definition) is 0. The van der Waals surface area contributed by atoms with Gasteiger partial charge in [-0.3, -0.25) is 0 Å². The van der Waals surface area contributed by atoms with Gasteiger partial charge in [-0.1, -0.05) is 28.1 Å². The number of anilines is 2. The molecular formula is C15H14BrN3. The molecule has 19 heavy (non-hydrogen) atoms. The number of aryl methyl sites for hydroxylation is 1. The molecule has 2 aromatic carbocycles. The van der Waals surface area contributed by atoms with Crippen molar-refractivity contribution in [3.63, 3.8) is 0 Å². The van der Waals surface area contributed by atoms with Crippen LogP contribution in [-0.4, -0.2) is 16.6 Å². The van der Waals surface area contributed by atoms with E-state index in [0.717, 1.165) is 27.1 Å². The molecule has 0 aliphatic heterocycles. The van der Waals surface area contributed by atoms with Crippen LogP contribution in [0.3, 0.4) is 0 Å². The molecule has 0 spiro atoms. The minimum absolute atomic E-state index is 0.934. The lowest BCUT2D eigenvalue weighted by Gasteiger charge is -2.18. The molecule has 4 heteroatoms. The van der Waals surface area contributed by atoms with E-state index in [9.17, 15) is 0 Å². The zero-order chi connectivity index (χ0) is 13.4. The van der Waals surface area contributed by atoms with E-state index in [1.54, 1.807) is 0 Å². The zero-order valence-corrected chi connectivity index (χ0v) is 12.4. The number of aromatic nitrogens is 2. The lowest BCUT2D eigenvalue weighted by Crippen LogP contribution is -2.14. The molecule has 0 radical (unpaired) electrons. The van der Waals surface area contributed by atoms with E-state index in [2.05, 4.69) is 48.6 Å². The van der Waals surface area contributed by atoms with Crippen molar-refractivity contribution < 1.29 is 0 Å². The Morgan fingerprint density at radius 1 is 1.05 bits per heavy atom. The first-order chi connectivity index (χ1) is 9.16. The van der Waals surface area contributed by atoms with E-state index in [0.29, 0.717) is 0 Å². The molecule has 0 amide bonds. The van der Waals surface area contributed by atoms with Crippen molar-refractivity contribution in [3.05, 3.63) is 53.0 Å². The molecule has 0 aliphatic carbocycles. The fraction of sp³-hybridized carbons (Fsp3) is 0.133. The standard InChI is InChI=1S/C15H14BrN3/c1-18(12-9-7-11(16)8-10-12)15-17-13-5-3-4-6-14(13)19(15)2/h3-10H,1-2H3. The van der Waals surface area contributed by atoms with Gasteiger partial charge in [0.1, 0.15) is 0 Å². The SMILES string of the molecule is CN(c1ccc(Br)cc1)c1nc2ccccc2n1C. The van der Waals surface area contributed by atoms with Gasteiger partial charge in [-0.25, -0.2) is 4.98 Å². The van der Waals surface area contributed by atoms with Crippen LogP contribution in [0.15, 0.2) is 53.0 Å². The van der Waals surface area contributed by atoms with E-state index in [4.69, 9.17) is 0 Å². The number of fused-ring (bicyclic) bond motifs is 1. The predicted molar refractivity (Wildman–Crippen MR) is 82.9 cm³/mol. The summed E-state index contributed by atoms with van der Waals surface area (Å²) in [6, 6.07) is 16.4. The number of imidazole rings is 1. The molecule has 0 unspecified atom stereocenters. The average Bonchev–Trinajstić information content (AvgIpc) is 2.77. The molecule has 3 rings (SSSR count). The lowest BCUT2D eigenvalue weighted by molar-refractivity contribution is 0.910. The topological polar surface area (TPSA) is 21.1 Å². The number of halogens is 1. The third kappa shape index (κ3) is 2.12. The normalized spacial score (nSPS) is 10.9. The van der Waals surface area contributed by atoms with Crippen LogP contribution in [-0.2, 0) is 7.05 Å². The molecule has 0 saturated carbocycles. The molecule has 3 aromatic rings. The fourth-order valence-electron chi connectivity index (χ4n) is 2.21. The number of hydrogen-bond acceptors (Lipinski definition) is 2.